The Balaban J connectivity index is 2.59. The van der Waals surface area contributed by atoms with Gasteiger partial charge in [-0.05, 0) is 35.8 Å². The molecule has 0 unspecified atom stereocenters. The molecule has 2 rings (SSSR count). The number of fused-ring (bicyclic) bond motifs is 1. The molecule has 0 atom stereocenters. The number of hydrogen-bond acceptors (Lipinski definition) is 2. The molecule has 0 N–H and O–H groups in total. The van der Waals surface area contributed by atoms with Gasteiger partial charge in [0.2, 0.25) is 5.91 Å². The van der Waals surface area contributed by atoms with Crippen LogP contribution in [0.3, 0.4) is 0 Å². The van der Waals surface area contributed by atoms with Gasteiger partial charge in [0, 0.05) is 19.2 Å². The molecule has 14 heavy (non-hydrogen) atoms. The first-order chi connectivity index (χ1) is 6.43. The van der Waals surface area contributed by atoms with Crippen LogP contribution in [0.25, 0.3) is 0 Å². The van der Waals surface area contributed by atoms with E-state index in [4.69, 9.17) is 4.42 Å². The first-order valence-corrected chi connectivity index (χ1v) is 5.26. The molecule has 1 amide bonds. The van der Waals surface area contributed by atoms with E-state index in [1.165, 1.54) is 0 Å². The topological polar surface area (TPSA) is 33.5 Å². The summed E-state index contributed by atoms with van der Waals surface area (Å²) in [5, 5.41) is 0. The number of carbonyl (C=O) groups is 1. The zero-order valence-electron chi connectivity index (χ0n) is 8.43. The molecular weight excluding hydrogens is 246 g/mol. The fraction of sp³-hybridized carbons (Fsp3) is 0.500. The number of nitrogens with zero attached hydrogens (tertiary/aromatic N) is 1. The molecule has 3 nitrogen and oxygen atoms in total. The van der Waals surface area contributed by atoms with Gasteiger partial charge in [0.25, 0.3) is 0 Å². The van der Waals surface area contributed by atoms with E-state index in [9.17, 15) is 4.79 Å². The molecule has 0 saturated carbocycles. The van der Waals surface area contributed by atoms with E-state index in [1.54, 1.807) is 4.90 Å². The molecule has 0 radical (unpaired) electrons. The molecule has 0 fully saturated rings. The van der Waals surface area contributed by atoms with Crippen LogP contribution in [0.15, 0.2) is 15.2 Å². The van der Waals surface area contributed by atoms with Crippen LogP contribution in [-0.2, 0) is 16.8 Å². The Morgan fingerprint density at radius 3 is 2.86 bits per heavy atom. The monoisotopic (exact) mass is 257 g/mol. The zero-order chi connectivity index (χ0) is 10.5. The minimum absolute atomic E-state index is 0.104. The predicted molar refractivity (Wildman–Crippen MR) is 55.9 cm³/mol. The molecular formula is C10H12BrNO2. The molecule has 2 heterocycles. The van der Waals surface area contributed by atoms with E-state index in [2.05, 4.69) is 15.9 Å². The van der Waals surface area contributed by atoms with Crippen molar-refractivity contribution in [3.8, 4) is 0 Å². The highest BCUT2D eigenvalue weighted by Gasteiger charge is 2.41. The number of carbonyl (C=O) groups excluding carboxylic acids is 1. The third-order valence-corrected chi connectivity index (χ3v) is 3.03. The normalized spacial score (nSPS) is 19.7. The smallest absolute Gasteiger partial charge is 0.235 e. The van der Waals surface area contributed by atoms with Crippen LogP contribution < -0.4 is 0 Å². The molecule has 0 bridgehead atoms. The van der Waals surface area contributed by atoms with Crippen molar-refractivity contribution in [2.45, 2.75) is 25.8 Å². The van der Waals surface area contributed by atoms with Crippen LogP contribution >= 0.6 is 15.9 Å². The van der Waals surface area contributed by atoms with Crippen molar-refractivity contribution in [2.75, 3.05) is 7.05 Å². The average Bonchev–Trinajstić information content (AvgIpc) is 2.44. The molecule has 4 heteroatoms. The van der Waals surface area contributed by atoms with Crippen LogP contribution in [0.2, 0.25) is 0 Å². The third kappa shape index (κ3) is 1.21. The average molecular weight is 258 g/mol. The van der Waals surface area contributed by atoms with Gasteiger partial charge in [0.15, 0.2) is 4.67 Å². The van der Waals surface area contributed by atoms with Crippen LogP contribution in [0.4, 0.5) is 0 Å². The highest BCUT2D eigenvalue weighted by atomic mass is 79.9. The van der Waals surface area contributed by atoms with Crippen molar-refractivity contribution in [2.24, 2.45) is 0 Å². The number of hydrogen-bond donors (Lipinski definition) is 0. The SMILES string of the molecule is CN1Cc2cc(Br)oc2C(C)(C)C1=O. The second-order valence-corrected chi connectivity index (χ2v) is 4.97. The highest BCUT2D eigenvalue weighted by molar-refractivity contribution is 9.10. The van der Waals surface area contributed by atoms with E-state index >= 15 is 0 Å². The Labute approximate surface area is 91.2 Å². The summed E-state index contributed by atoms with van der Waals surface area (Å²) in [5.74, 6) is 0.888. The van der Waals surface area contributed by atoms with Crippen molar-refractivity contribution in [1.29, 1.82) is 0 Å². The lowest BCUT2D eigenvalue weighted by Crippen LogP contribution is -2.45. The standard InChI is InChI=1S/C10H12BrNO2/c1-10(2)8-6(4-7(11)14-8)5-12(3)9(10)13/h4H,5H2,1-3H3. The summed E-state index contributed by atoms with van der Waals surface area (Å²) in [6, 6.07) is 1.93. The molecule has 0 aliphatic carbocycles. The Morgan fingerprint density at radius 1 is 1.57 bits per heavy atom. The summed E-state index contributed by atoms with van der Waals surface area (Å²) in [7, 11) is 1.81. The zero-order valence-corrected chi connectivity index (χ0v) is 10.0. The molecule has 76 valence electrons. The van der Waals surface area contributed by atoms with Gasteiger partial charge in [-0.25, -0.2) is 0 Å². The maximum Gasteiger partial charge on any atom is 0.235 e. The molecule has 1 aromatic heterocycles. The second-order valence-electron chi connectivity index (χ2n) is 4.19. The van der Waals surface area contributed by atoms with Gasteiger partial charge >= 0.3 is 0 Å². The van der Waals surface area contributed by atoms with Crippen molar-refractivity contribution >= 4 is 21.8 Å². The maximum absolute atomic E-state index is 11.9. The van der Waals surface area contributed by atoms with Gasteiger partial charge in [-0.2, -0.15) is 0 Å². The van der Waals surface area contributed by atoms with Gasteiger partial charge in [0.05, 0.1) is 0 Å². The Kier molecular flexibility index (Phi) is 2.00. The highest BCUT2D eigenvalue weighted by Crippen LogP contribution is 2.37. The van der Waals surface area contributed by atoms with Crippen LogP contribution in [-0.4, -0.2) is 17.9 Å². The first kappa shape index (κ1) is 9.77. The second kappa shape index (κ2) is 2.86. The summed E-state index contributed by atoms with van der Waals surface area (Å²) < 4.78 is 6.20. The lowest BCUT2D eigenvalue weighted by Gasteiger charge is -2.33. The summed E-state index contributed by atoms with van der Waals surface area (Å²) in [5.41, 5.74) is 0.540. The van der Waals surface area contributed by atoms with Crippen molar-refractivity contribution < 1.29 is 9.21 Å². The van der Waals surface area contributed by atoms with E-state index in [0.29, 0.717) is 11.2 Å². The molecule has 1 aliphatic rings. The number of rotatable bonds is 0. The summed E-state index contributed by atoms with van der Waals surface area (Å²) in [6.07, 6.45) is 0. The molecule has 0 saturated heterocycles. The van der Waals surface area contributed by atoms with Crippen molar-refractivity contribution in [3.63, 3.8) is 0 Å². The molecule has 1 aromatic rings. The largest absolute Gasteiger partial charge is 0.453 e. The van der Waals surface area contributed by atoms with Gasteiger partial charge in [-0.3, -0.25) is 4.79 Å². The van der Waals surface area contributed by atoms with Crippen LogP contribution in [0.5, 0.6) is 0 Å². The summed E-state index contributed by atoms with van der Waals surface area (Å²) in [6.45, 7) is 4.41. The fourth-order valence-electron chi connectivity index (χ4n) is 1.94. The van der Waals surface area contributed by atoms with Gasteiger partial charge < -0.3 is 9.32 Å². The number of halogens is 1. The Morgan fingerprint density at radius 2 is 2.21 bits per heavy atom. The molecule has 1 aliphatic heterocycles. The number of amides is 1. The Hall–Kier alpha value is -0.770. The minimum atomic E-state index is -0.547. The lowest BCUT2D eigenvalue weighted by atomic mass is 9.83. The van der Waals surface area contributed by atoms with Gasteiger partial charge in [0.1, 0.15) is 11.2 Å². The van der Waals surface area contributed by atoms with E-state index in [-0.39, 0.29) is 5.91 Å². The number of furan rings is 1. The molecule has 0 aromatic carbocycles. The minimum Gasteiger partial charge on any atom is -0.453 e. The van der Waals surface area contributed by atoms with Gasteiger partial charge in [-0.1, -0.05) is 0 Å². The first-order valence-electron chi connectivity index (χ1n) is 4.47. The Bertz CT molecular complexity index is 395. The summed E-state index contributed by atoms with van der Waals surface area (Å²) >= 11 is 3.29. The van der Waals surface area contributed by atoms with Gasteiger partial charge in [-0.15, -0.1) is 0 Å². The van der Waals surface area contributed by atoms with Crippen LogP contribution in [0.1, 0.15) is 25.2 Å². The predicted octanol–water partition coefficient (Wildman–Crippen LogP) is 2.29. The quantitative estimate of drug-likeness (QED) is 0.715. The van der Waals surface area contributed by atoms with E-state index in [0.717, 1.165) is 11.3 Å². The van der Waals surface area contributed by atoms with Crippen molar-refractivity contribution in [3.05, 3.63) is 22.1 Å². The lowest BCUT2D eigenvalue weighted by molar-refractivity contribution is -0.137. The summed E-state index contributed by atoms with van der Waals surface area (Å²) in [4.78, 5) is 13.6. The van der Waals surface area contributed by atoms with Crippen LogP contribution in [0, 0.1) is 0 Å². The fourth-order valence-corrected chi connectivity index (χ4v) is 2.38. The maximum atomic E-state index is 11.9. The molecule has 0 spiro atoms. The third-order valence-electron chi connectivity index (χ3n) is 2.64. The van der Waals surface area contributed by atoms with Crippen molar-refractivity contribution in [1.82, 2.24) is 4.90 Å². The number of likely N-dealkylation sites (N-methyl/N-ethyl adjacent to an activating group) is 1. The van der Waals surface area contributed by atoms with E-state index < -0.39 is 5.41 Å². The van der Waals surface area contributed by atoms with E-state index in [1.807, 2.05) is 27.0 Å².